The van der Waals surface area contributed by atoms with Gasteiger partial charge in [0.25, 0.3) is 0 Å². The Kier molecular flexibility index (Phi) is 4.70. The van der Waals surface area contributed by atoms with Crippen LogP contribution in [0, 0.1) is 11.8 Å². The first kappa shape index (κ1) is 14.2. The van der Waals surface area contributed by atoms with Crippen LogP contribution in [0.3, 0.4) is 0 Å². The average Bonchev–Trinajstić information content (AvgIpc) is 3.04. The highest BCUT2D eigenvalue weighted by molar-refractivity contribution is 6.71. The fourth-order valence-electron chi connectivity index (χ4n) is 1.72. The van der Waals surface area contributed by atoms with Crippen LogP contribution in [-0.4, -0.2) is 39.0 Å². The fraction of sp³-hybridized carbons (Fsp3) is 0.818. The van der Waals surface area contributed by atoms with Gasteiger partial charge in [-0.2, -0.15) is 0 Å². The molecule has 1 amide bonds. The number of carboxylic acid groups (broad SMARTS) is 1. The Morgan fingerprint density at radius 3 is 2.53 bits per heavy atom. The van der Waals surface area contributed by atoms with Crippen molar-refractivity contribution in [2.75, 3.05) is 13.7 Å². The molecule has 2 unspecified atom stereocenters. The summed E-state index contributed by atoms with van der Waals surface area (Å²) in [6.45, 7) is 4.88. The van der Waals surface area contributed by atoms with Gasteiger partial charge in [0.15, 0.2) is 8.32 Å². The minimum atomic E-state index is -1.54. The predicted molar refractivity (Wildman–Crippen MR) is 66.2 cm³/mol. The molecule has 6 heteroatoms. The lowest BCUT2D eigenvalue weighted by Crippen LogP contribution is -2.32. The third-order valence-electron chi connectivity index (χ3n) is 3.25. The number of carboxylic acids is 1. The fourth-order valence-corrected chi connectivity index (χ4v) is 2.95. The van der Waals surface area contributed by atoms with E-state index in [1.54, 1.807) is 7.11 Å². The molecule has 2 N–H and O–H groups in total. The van der Waals surface area contributed by atoms with E-state index in [1.807, 2.05) is 0 Å². The molecule has 2 atom stereocenters. The van der Waals surface area contributed by atoms with Crippen LogP contribution in [0.15, 0.2) is 0 Å². The van der Waals surface area contributed by atoms with E-state index < -0.39 is 20.2 Å². The molecule has 17 heavy (non-hydrogen) atoms. The number of amides is 1. The third-order valence-corrected chi connectivity index (χ3v) is 5.91. The SMILES string of the molecule is CO[Si](C)(C)CCCNC(=O)C1CC1C(=O)O. The molecule has 0 aromatic carbocycles. The maximum absolute atomic E-state index is 11.5. The molecule has 0 spiro atoms. The van der Waals surface area contributed by atoms with Gasteiger partial charge >= 0.3 is 5.97 Å². The van der Waals surface area contributed by atoms with E-state index in [4.69, 9.17) is 9.53 Å². The monoisotopic (exact) mass is 259 g/mol. The molecule has 0 aromatic rings. The first-order chi connectivity index (χ1) is 7.87. The van der Waals surface area contributed by atoms with E-state index in [-0.39, 0.29) is 11.8 Å². The van der Waals surface area contributed by atoms with Crippen LogP contribution in [-0.2, 0) is 14.0 Å². The summed E-state index contributed by atoms with van der Waals surface area (Å²) in [5, 5.41) is 11.5. The molecule has 0 aromatic heterocycles. The highest BCUT2D eigenvalue weighted by Crippen LogP contribution is 2.38. The Bertz CT molecular complexity index is 306. The highest BCUT2D eigenvalue weighted by atomic mass is 28.4. The van der Waals surface area contributed by atoms with Crippen LogP contribution in [0.25, 0.3) is 0 Å². The van der Waals surface area contributed by atoms with Crippen LogP contribution >= 0.6 is 0 Å². The molecule has 1 rings (SSSR count). The number of carbonyl (C=O) groups excluding carboxylic acids is 1. The summed E-state index contributed by atoms with van der Waals surface area (Å²) in [5.41, 5.74) is 0. The van der Waals surface area contributed by atoms with Crippen LogP contribution < -0.4 is 5.32 Å². The van der Waals surface area contributed by atoms with Crippen molar-refractivity contribution in [2.45, 2.75) is 32.0 Å². The quantitative estimate of drug-likeness (QED) is 0.529. The lowest BCUT2D eigenvalue weighted by atomic mass is 10.3. The van der Waals surface area contributed by atoms with Crippen LogP contribution in [0.5, 0.6) is 0 Å². The maximum Gasteiger partial charge on any atom is 0.307 e. The van der Waals surface area contributed by atoms with Gasteiger partial charge in [-0.05, 0) is 32.0 Å². The summed E-state index contributed by atoms with van der Waals surface area (Å²) in [7, 11) is 0.191. The van der Waals surface area contributed by atoms with Crippen molar-refractivity contribution in [3.8, 4) is 0 Å². The smallest absolute Gasteiger partial charge is 0.307 e. The standard InChI is InChI=1S/C11H21NO4Si/c1-16-17(2,3)6-4-5-12-10(13)8-7-9(8)11(14)15/h8-9H,4-7H2,1-3H3,(H,12,13)(H,14,15). The van der Waals surface area contributed by atoms with Gasteiger partial charge < -0.3 is 14.8 Å². The van der Waals surface area contributed by atoms with Gasteiger partial charge in [0.05, 0.1) is 11.8 Å². The Morgan fingerprint density at radius 2 is 2.06 bits per heavy atom. The van der Waals surface area contributed by atoms with Crippen molar-refractivity contribution in [3.63, 3.8) is 0 Å². The van der Waals surface area contributed by atoms with Gasteiger partial charge in [0.2, 0.25) is 5.91 Å². The normalized spacial score (nSPS) is 23.2. The molecule has 5 nitrogen and oxygen atoms in total. The molecule has 0 saturated heterocycles. The average molecular weight is 259 g/mol. The van der Waals surface area contributed by atoms with Gasteiger partial charge in [0.1, 0.15) is 0 Å². The molecule has 0 radical (unpaired) electrons. The zero-order chi connectivity index (χ0) is 13.1. The van der Waals surface area contributed by atoms with E-state index in [2.05, 4.69) is 18.4 Å². The molecule has 1 aliphatic rings. The van der Waals surface area contributed by atoms with Gasteiger partial charge in [0, 0.05) is 13.7 Å². The van der Waals surface area contributed by atoms with Gasteiger partial charge in [-0.25, -0.2) is 0 Å². The summed E-state index contributed by atoms with van der Waals surface area (Å²) < 4.78 is 5.40. The first-order valence-electron chi connectivity index (χ1n) is 5.93. The number of aliphatic carboxylic acids is 1. The molecule has 1 aliphatic carbocycles. The van der Waals surface area contributed by atoms with Gasteiger partial charge in [-0.3, -0.25) is 9.59 Å². The molecule has 98 valence electrons. The Labute approximate surface area is 103 Å². The lowest BCUT2D eigenvalue weighted by molar-refractivity contribution is -0.140. The predicted octanol–water partition coefficient (Wildman–Crippen LogP) is 1.06. The Hall–Kier alpha value is -0.883. The van der Waals surface area contributed by atoms with Crippen LogP contribution in [0.1, 0.15) is 12.8 Å². The Balaban J connectivity index is 2.12. The number of carbonyl (C=O) groups is 2. The van der Waals surface area contributed by atoms with E-state index in [0.717, 1.165) is 12.5 Å². The van der Waals surface area contributed by atoms with Gasteiger partial charge in [-0.15, -0.1) is 0 Å². The molecule has 1 saturated carbocycles. The minimum Gasteiger partial charge on any atom is -0.481 e. The zero-order valence-corrected chi connectivity index (χ0v) is 11.7. The number of hydrogen-bond acceptors (Lipinski definition) is 3. The topological polar surface area (TPSA) is 75.6 Å². The number of nitrogens with one attached hydrogen (secondary N) is 1. The summed E-state index contributed by atoms with van der Waals surface area (Å²) in [5.74, 6) is -1.74. The summed E-state index contributed by atoms with van der Waals surface area (Å²) in [4.78, 5) is 22.1. The molecule has 0 heterocycles. The molecule has 0 bridgehead atoms. The summed E-state index contributed by atoms with van der Waals surface area (Å²) in [6.07, 6.45) is 1.38. The minimum absolute atomic E-state index is 0.116. The zero-order valence-electron chi connectivity index (χ0n) is 10.7. The van der Waals surface area contributed by atoms with Crippen molar-refractivity contribution in [3.05, 3.63) is 0 Å². The second kappa shape index (κ2) is 5.64. The van der Waals surface area contributed by atoms with Crippen molar-refractivity contribution >= 4 is 20.2 Å². The van der Waals surface area contributed by atoms with E-state index >= 15 is 0 Å². The third kappa shape index (κ3) is 4.47. The van der Waals surface area contributed by atoms with Crippen molar-refractivity contribution in [1.29, 1.82) is 0 Å². The second-order valence-electron chi connectivity index (χ2n) is 5.15. The number of hydrogen-bond donors (Lipinski definition) is 2. The summed E-state index contributed by atoms with van der Waals surface area (Å²) in [6, 6.07) is 0.997. The van der Waals surface area contributed by atoms with Crippen LogP contribution in [0.4, 0.5) is 0 Å². The van der Waals surface area contributed by atoms with E-state index in [9.17, 15) is 9.59 Å². The largest absolute Gasteiger partial charge is 0.481 e. The van der Waals surface area contributed by atoms with Crippen LogP contribution in [0.2, 0.25) is 19.1 Å². The first-order valence-corrected chi connectivity index (χ1v) is 9.04. The maximum atomic E-state index is 11.5. The molecular weight excluding hydrogens is 238 g/mol. The summed E-state index contributed by atoms with van der Waals surface area (Å²) >= 11 is 0. The van der Waals surface area contributed by atoms with Crippen molar-refractivity contribution < 1.29 is 19.1 Å². The molecular formula is C11H21NO4Si. The van der Waals surface area contributed by atoms with E-state index in [1.165, 1.54) is 0 Å². The lowest BCUT2D eigenvalue weighted by Gasteiger charge is -2.19. The molecule has 0 aliphatic heterocycles. The van der Waals surface area contributed by atoms with Crippen molar-refractivity contribution in [2.24, 2.45) is 11.8 Å². The molecule has 1 fully saturated rings. The van der Waals surface area contributed by atoms with E-state index in [0.29, 0.717) is 13.0 Å². The van der Waals surface area contributed by atoms with Crippen molar-refractivity contribution in [1.82, 2.24) is 5.32 Å². The highest BCUT2D eigenvalue weighted by Gasteiger charge is 2.48. The number of rotatable bonds is 7. The second-order valence-corrected chi connectivity index (χ2v) is 9.57. The van der Waals surface area contributed by atoms with Gasteiger partial charge in [-0.1, -0.05) is 0 Å². The Morgan fingerprint density at radius 1 is 1.41 bits per heavy atom.